The Kier molecular flexibility index (Phi) is 8.23. The predicted molar refractivity (Wildman–Crippen MR) is 161 cm³/mol. The molecule has 242 valence electrons. The van der Waals surface area contributed by atoms with Crippen LogP contribution in [0.25, 0.3) is 11.3 Å². The van der Waals surface area contributed by atoms with Gasteiger partial charge in [-0.2, -0.15) is 13.2 Å². The Hall–Kier alpha value is -3.42. The molecule has 1 aromatic heterocycles. The van der Waals surface area contributed by atoms with Crippen molar-refractivity contribution in [2.45, 2.75) is 37.1 Å². The lowest BCUT2D eigenvalue weighted by Crippen LogP contribution is -2.57. The number of anilines is 1. The molecule has 4 aliphatic rings. The van der Waals surface area contributed by atoms with Crippen LogP contribution in [0.1, 0.15) is 23.7 Å². The summed E-state index contributed by atoms with van der Waals surface area (Å²) in [4.78, 5) is 39.7. The van der Waals surface area contributed by atoms with Gasteiger partial charge >= 0.3 is 6.18 Å². The number of amides is 2. The zero-order valence-corrected chi connectivity index (χ0v) is 25.9. The summed E-state index contributed by atoms with van der Waals surface area (Å²) in [5, 5.41) is -0.172. The number of fused-ring (bicyclic) bond motifs is 2. The fourth-order valence-corrected chi connectivity index (χ4v) is 7.16. The maximum atomic E-state index is 15.2. The number of rotatable bonds is 4. The van der Waals surface area contributed by atoms with Crippen LogP contribution < -0.4 is 9.64 Å². The van der Waals surface area contributed by atoms with Crippen molar-refractivity contribution in [2.75, 3.05) is 70.9 Å². The van der Waals surface area contributed by atoms with Gasteiger partial charge in [0.2, 0.25) is 5.91 Å². The average Bonchev–Trinajstić information content (AvgIpc) is 3.31. The summed E-state index contributed by atoms with van der Waals surface area (Å²) in [6, 6.07) is 4.61. The van der Waals surface area contributed by atoms with Crippen LogP contribution in [0.5, 0.6) is 5.75 Å². The van der Waals surface area contributed by atoms with Crippen LogP contribution in [0.4, 0.5) is 23.4 Å². The molecule has 0 aliphatic carbocycles. The third-order valence-electron chi connectivity index (χ3n) is 9.61. The van der Waals surface area contributed by atoms with Crippen LogP contribution >= 0.6 is 11.6 Å². The molecule has 2 unspecified atom stereocenters. The van der Waals surface area contributed by atoms with E-state index in [-0.39, 0.29) is 78.5 Å². The molecule has 3 atom stereocenters. The van der Waals surface area contributed by atoms with Crippen molar-refractivity contribution < 1.29 is 31.9 Å². The summed E-state index contributed by atoms with van der Waals surface area (Å²) in [5.74, 6) is -1.98. The summed E-state index contributed by atoms with van der Waals surface area (Å²) >= 11 is 6.82. The number of aromatic nitrogens is 1. The molecule has 3 saturated heterocycles. The number of hydrogen-bond acceptors (Lipinski definition) is 7. The van der Waals surface area contributed by atoms with E-state index in [0.29, 0.717) is 13.1 Å². The number of alkyl halides is 3. The van der Waals surface area contributed by atoms with E-state index < -0.39 is 35.5 Å². The van der Waals surface area contributed by atoms with Gasteiger partial charge in [-0.1, -0.05) is 30.3 Å². The number of carbonyl (C=O) groups excluding carboxylic acids is 2. The van der Waals surface area contributed by atoms with Crippen LogP contribution in [0, 0.1) is 5.82 Å². The molecule has 3 fully saturated rings. The molecule has 2 aromatic rings. The second kappa shape index (κ2) is 11.7. The smallest absolute Gasteiger partial charge is 0.411 e. The van der Waals surface area contributed by atoms with E-state index in [2.05, 4.69) is 21.4 Å². The maximum Gasteiger partial charge on any atom is 0.411 e. The molecule has 0 bridgehead atoms. The van der Waals surface area contributed by atoms with Gasteiger partial charge in [-0.05, 0) is 38.6 Å². The zero-order chi connectivity index (χ0) is 32.3. The van der Waals surface area contributed by atoms with Crippen molar-refractivity contribution in [1.29, 1.82) is 0 Å². The second-order valence-corrected chi connectivity index (χ2v) is 12.7. The molecule has 2 amide bonds. The Morgan fingerprint density at radius 2 is 1.82 bits per heavy atom. The van der Waals surface area contributed by atoms with Gasteiger partial charge in [-0.3, -0.25) is 14.5 Å². The summed E-state index contributed by atoms with van der Waals surface area (Å²) in [5.41, 5.74) is -2.74. The van der Waals surface area contributed by atoms with E-state index in [1.165, 1.54) is 34.1 Å². The van der Waals surface area contributed by atoms with Crippen LogP contribution in [0.3, 0.4) is 0 Å². The number of benzene rings is 1. The van der Waals surface area contributed by atoms with Crippen LogP contribution in [-0.4, -0.2) is 126 Å². The van der Waals surface area contributed by atoms with Crippen LogP contribution in [-0.2, 0) is 4.79 Å². The molecule has 0 radical (unpaired) electrons. The third-order valence-corrected chi connectivity index (χ3v) is 9.96. The van der Waals surface area contributed by atoms with Gasteiger partial charge in [0, 0.05) is 64.0 Å². The third kappa shape index (κ3) is 5.42. The van der Waals surface area contributed by atoms with E-state index in [1.54, 1.807) is 6.07 Å². The van der Waals surface area contributed by atoms with Gasteiger partial charge in [0.1, 0.15) is 34.4 Å². The quantitative estimate of drug-likeness (QED) is 0.367. The summed E-state index contributed by atoms with van der Waals surface area (Å²) in [7, 11) is 1.97. The minimum absolute atomic E-state index is 0.0316. The standard InChI is InChI=1S/C31H35ClF4N6O3/c1-4-23(43)40-13-14-41-20(16-40)18-45-27-24(29(41)44)28(37-26(25(27)32)21-7-5-6-8-22(21)33)42-17-19(15-30(42,2)31(34,35)36)39-11-9-38(3)10-12-39/h4-8,19-20H,1,9-18H2,2-3H3/t19?,20?,30-/m0/s1. The van der Waals surface area contributed by atoms with E-state index in [4.69, 9.17) is 16.3 Å². The topological polar surface area (TPSA) is 72.5 Å². The molecular formula is C31H35ClF4N6O3. The maximum absolute atomic E-state index is 15.2. The Morgan fingerprint density at radius 1 is 1.11 bits per heavy atom. The summed E-state index contributed by atoms with van der Waals surface area (Å²) in [6.07, 6.45) is -3.76. The Labute approximate surface area is 263 Å². The molecule has 9 nitrogen and oxygen atoms in total. The highest BCUT2D eigenvalue weighted by Crippen LogP contribution is 2.51. The van der Waals surface area contributed by atoms with Gasteiger partial charge in [0.05, 0.1) is 11.7 Å². The van der Waals surface area contributed by atoms with E-state index in [0.717, 1.165) is 24.9 Å². The highest BCUT2D eigenvalue weighted by Gasteiger charge is 2.61. The Balaban J connectivity index is 1.51. The highest BCUT2D eigenvalue weighted by molar-refractivity contribution is 6.35. The molecule has 0 N–H and O–H groups in total. The van der Waals surface area contributed by atoms with Gasteiger partial charge < -0.3 is 24.3 Å². The van der Waals surface area contributed by atoms with Crippen LogP contribution in [0.2, 0.25) is 5.02 Å². The zero-order valence-electron chi connectivity index (χ0n) is 25.1. The lowest BCUT2D eigenvalue weighted by Gasteiger charge is -2.40. The van der Waals surface area contributed by atoms with Crippen molar-refractivity contribution in [2.24, 2.45) is 0 Å². The Bertz CT molecular complexity index is 1520. The molecule has 6 rings (SSSR count). The Morgan fingerprint density at radius 3 is 2.49 bits per heavy atom. The number of hydrogen-bond donors (Lipinski definition) is 0. The number of ether oxygens (including phenoxy) is 1. The SMILES string of the molecule is C=CC(=O)N1CCN2C(=O)c3c(N4CC(N5CCN(C)CC5)C[C@@]4(C)C(F)(F)F)nc(-c4ccccc4F)c(Cl)c3OCC2C1. The van der Waals surface area contributed by atoms with Crippen molar-refractivity contribution in [3.8, 4) is 17.0 Å². The summed E-state index contributed by atoms with van der Waals surface area (Å²) in [6.45, 7) is 7.64. The van der Waals surface area contributed by atoms with Gasteiger partial charge in [-0.15, -0.1) is 0 Å². The number of carbonyl (C=O) groups is 2. The number of piperazine rings is 2. The first-order valence-electron chi connectivity index (χ1n) is 14.9. The fraction of sp³-hybridized carbons (Fsp3) is 0.516. The lowest BCUT2D eigenvalue weighted by molar-refractivity contribution is -0.180. The predicted octanol–water partition coefficient (Wildman–Crippen LogP) is 3.92. The largest absolute Gasteiger partial charge is 0.489 e. The molecule has 5 heterocycles. The van der Waals surface area contributed by atoms with E-state index in [9.17, 15) is 9.59 Å². The highest BCUT2D eigenvalue weighted by atomic mass is 35.5. The van der Waals surface area contributed by atoms with Gasteiger partial charge in [0.15, 0.2) is 5.75 Å². The first-order valence-corrected chi connectivity index (χ1v) is 15.3. The second-order valence-electron chi connectivity index (χ2n) is 12.3. The molecule has 0 spiro atoms. The molecule has 1 aromatic carbocycles. The monoisotopic (exact) mass is 650 g/mol. The number of pyridine rings is 1. The number of halogens is 5. The first kappa shape index (κ1) is 31.6. The van der Waals surface area contributed by atoms with Gasteiger partial charge in [0.25, 0.3) is 5.91 Å². The van der Waals surface area contributed by atoms with Gasteiger partial charge in [-0.25, -0.2) is 9.37 Å². The van der Waals surface area contributed by atoms with Crippen molar-refractivity contribution in [3.05, 3.63) is 53.3 Å². The minimum Gasteiger partial charge on any atom is -0.489 e. The van der Waals surface area contributed by atoms with Crippen molar-refractivity contribution >= 4 is 29.2 Å². The summed E-state index contributed by atoms with van der Waals surface area (Å²) < 4.78 is 66.7. The van der Waals surface area contributed by atoms with Crippen molar-refractivity contribution in [3.63, 3.8) is 0 Å². The number of likely N-dealkylation sites (N-methyl/N-ethyl adjacent to an activating group) is 1. The van der Waals surface area contributed by atoms with Crippen molar-refractivity contribution in [1.82, 2.24) is 24.6 Å². The molecule has 4 aliphatic heterocycles. The molecular weight excluding hydrogens is 616 g/mol. The van der Waals surface area contributed by atoms with E-state index >= 15 is 17.6 Å². The lowest BCUT2D eigenvalue weighted by atomic mass is 9.95. The number of nitrogens with zero attached hydrogens (tertiary/aromatic N) is 6. The van der Waals surface area contributed by atoms with E-state index in [1.807, 2.05) is 7.05 Å². The molecule has 45 heavy (non-hydrogen) atoms. The molecule has 0 saturated carbocycles. The van der Waals surface area contributed by atoms with Crippen LogP contribution in [0.15, 0.2) is 36.9 Å². The fourth-order valence-electron chi connectivity index (χ4n) is 6.87. The first-order chi connectivity index (χ1) is 21.3. The minimum atomic E-state index is -4.70. The molecule has 14 heteroatoms. The normalized spacial score (nSPS) is 26.3. The average molecular weight is 651 g/mol.